The molecular weight excluding hydrogens is 312 g/mol. The molecule has 2 rings (SSSR count). The Morgan fingerprint density at radius 2 is 1.70 bits per heavy atom. The maximum Gasteiger partial charge on any atom is 0.339 e. The van der Waals surface area contributed by atoms with Gasteiger partial charge in [-0.1, -0.05) is 57.5 Å². The first-order valence-corrected chi connectivity index (χ1v) is 7.85. The molecule has 0 heterocycles. The van der Waals surface area contributed by atoms with E-state index in [4.69, 9.17) is 11.6 Å². The lowest BCUT2D eigenvalue weighted by atomic mass is 9.81. The highest BCUT2D eigenvalue weighted by molar-refractivity contribution is 6.30. The maximum absolute atomic E-state index is 11.5. The van der Waals surface area contributed by atoms with Crippen LogP contribution in [0.1, 0.15) is 60.7 Å². The van der Waals surface area contributed by atoms with E-state index in [1.807, 2.05) is 45.9 Å². The molecule has 0 amide bonds. The minimum absolute atomic E-state index is 0.0618. The van der Waals surface area contributed by atoms with Crippen LogP contribution in [0.5, 0.6) is 5.75 Å². The molecule has 0 saturated heterocycles. The number of aromatic carboxylic acids is 1. The van der Waals surface area contributed by atoms with Crippen molar-refractivity contribution in [3.8, 4) is 5.75 Å². The fourth-order valence-electron chi connectivity index (χ4n) is 2.51. The van der Waals surface area contributed by atoms with E-state index in [1.54, 1.807) is 18.2 Å². The second-order valence-electron chi connectivity index (χ2n) is 6.79. The van der Waals surface area contributed by atoms with Crippen LogP contribution in [-0.4, -0.2) is 16.2 Å². The van der Waals surface area contributed by atoms with Crippen molar-refractivity contribution in [1.29, 1.82) is 0 Å². The summed E-state index contributed by atoms with van der Waals surface area (Å²) in [5.41, 5.74) is 2.17. The van der Waals surface area contributed by atoms with Gasteiger partial charge in [0.25, 0.3) is 0 Å². The summed E-state index contributed by atoms with van der Waals surface area (Å²) in [5, 5.41) is 20.5. The zero-order chi connectivity index (χ0) is 17.4. The van der Waals surface area contributed by atoms with Crippen LogP contribution in [-0.2, 0) is 5.41 Å². The predicted molar refractivity (Wildman–Crippen MR) is 92.7 cm³/mol. The molecule has 23 heavy (non-hydrogen) atoms. The van der Waals surface area contributed by atoms with E-state index in [1.165, 1.54) is 0 Å². The highest BCUT2D eigenvalue weighted by Crippen LogP contribution is 2.37. The molecule has 0 aliphatic carbocycles. The average molecular weight is 333 g/mol. The van der Waals surface area contributed by atoms with E-state index in [0.717, 1.165) is 11.1 Å². The minimum Gasteiger partial charge on any atom is -0.507 e. The normalized spacial score (nSPS) is 12.9. The Kier molecular flexibility index (Phi) is 4.71. The number of phenols is 1. The second-order valence-corrected chi connectivity index (χ2v) is 7.23. The predicted octanol–water partition coefficient (Wildman–Crippen LogP) is 5.19. The molecule has 0 bridgehead atoms. The van der Waals surface area contributed by atoms with Gasteiger partial charge < -0.3 is 10.2 Å². The Balaban J connectivity index is 2.62. The third-order valence-corrected chi connectivity index (χ3v) is 4.32. The fourth-order valence-corrected chi connectivity index (χ4v) is 2.64. The van der Waals surface area contributed by atoms with E-state index in [-0.39, 0.29) is 22.6 Å². The van der Waals surface area contributed by atoms with Crippen molar-refractivity contribution in [3.63, 3.8) is 0 Å². The van der Waals surface area contributed by atoms with Gasteiger partial charge in [-0.05, 0) is 34.7 Å². The van der Waals surface area contributed by atoms with Crippen LogP contribution >= 0.6 is 11.6 Å². The second kappa shape index (κ2) is 6.25. The van der Waals surface area contributed by atoms with Gasteiger partial charge in [0.15, 0.2) is 0 Å². The van der Waals surface area contributed by atoms with E-state index >= 15 is 0 Å². The molecule has 122 valence electrons. The molecule has 2 aromatic rings. The molecule has 0 fully saturated rings. The molecule has 4 heteroatoms. The largest absolute Gasteiger partial charge is 0.507 e. The SMILES string of the molecule is CC(c1ccc(Cl)cc1)c1cc(C(C)(C)C)cc(C(=O)O)c1O. The maximum atomic E-state index is 11.5. The lowest BCUT2D eigenvalue weighted by Crippen LogP contribution is -2.14. The lowest BCUT2D eigenvalue weighted by molar-refractivity contribution is 0.0693. The van der Waals surface area contributed by atoms with Gasteiger partial charge in [0.1, 0.15) is 11.3 Å². The number of carboxylic acid groups (broad SMARTS) is 1. The molecule has 3 nitrogen and oxygen atoms in total. The number of benzene rings is 2. The quantitative estimate of drug-likeness (QED) is 0.812. The van der Waals surface area contributed by atoms with Gasteiger partial charge in [0, 0.05) is 16.5 Å². The summed E-state index contributed by atoms with van der Waals surface area (Å²) in [6.07, 6.45) is 0. The molecule has 0 spiro atoms. The van der Waals surface area contributed by atoms with Crippen LogP contribution in [0.3, 0.4) is 0 Å². The van der Waals surface area contributed by atoms with Crippen LogP contribution < -0.4 is 0 Å². The third kappa shape index (κ3) is 3.67. The Bertz CT molecular complexity index is 728. The van der Waals surface area contributed by atoms with E-state index in [2.05, 4.69) is 0 Å². The number of halogens is 1. The summed E-state index contributed by atoms with van der Waals surface area (Å²) in [4.78, 5) is 11.5. The molecule has 0 aromatic heterocycles. The monoisotopic (exact) mass is 332 g/mol. The Hall–Kier alpha value is -2.00. The molecule has 1 unspecified atom stereocenters. The molecule has 0 aliphatic heterocycles. The molecule has 0 saturated carbocycles. The standard InChI is InChI=1S/C19H21ClO3/c1-11(12-5-7-14(20)8-6-12)15-9-13(19(2,3)4)10-16(17(15)21)18(22)23/h5-11,21H,1-4H3,(H,22,23). The van der Waals surface area contributed by atoms with Gasteiger partial charge in [-0.3, -0.25) is 0 Å². The van der Waals surface area contributed by atoms with Gasteiger partial charge >= 0.3 is 5.97 Å². The van der Waals surface area contributed by atoms with Crippen LogP contribution in [0.4, 0.5) is 0 Å². The zero-order valence-corrected chi connectivity index (χ0v) is 14.5. The summed E-state index contributed by atoms with van der Waals surface area (Å²) < 4.78 is 0. The number of aromatic hydroxyl groups is 1. The highest BCUT2D eigenvalue weighted by atomic mass is 35.5. The lowest BCUT2D eigenvalue weighted by Gasteiger charge is -2.24. The fraction of sp³-hybridized carbons (Fsp3) is 0.316. The molecule has 2 aromatic carbocycles. The summed E-state index contributed by atoms with van der Waals surface area (Å²) in [6.45, 7) is 7.99. The van der Waals surface area contributed by atoms with Crippen LogP contribution in [0.25, 0.3) is 0 Å². The van der Waals surface area contributed by atoms with Gasteiger partial charge in [0.2, 0.25) is 0 Å². The zero-order valence-electron chi connectivity index (χ0n) is 13.7. The van der Waals surface area contributed by atoms with E-state index in [0.29, 0.717) is 10.6 Å². The first kappa shape index (κ1) is 17.4. The Morgan fingerprint density at radius 3 is 2.17 bits per heavy atom. The summed E-state index contributed by atoms with van der Waals surface area (Å²) in [6, 6.07) is 10.8. The van der Waals surface area contributed by atoms with Gasteiger partial charge in [0.05, 0.1) is 0 Å². The van der Waals surface area contributed by atoms with Gasteiger partial charge in [-0.25, -0.2) is 4.79 Å². The van der Waals surface area contributed by atoms with Crippen molar-refractivity contribution in [2.75, 3.05) is 0 Å². The number of hydrogen-bond acceptors (Lipinski definition) is 2. The number of carbonyl (C=O) groups is 1. The van der Waals surface area contributed by atoms with Crippen LogP contribution in [0.2, 0.25) is 5.02 Å². The topological polar surface area (TPSA) is 57.5 Å². The smallest absolute Gasteiger partial charge is 0.339 e. The van der Waals surface area contributed by atoms with Crippen molar-refractivity contribution in [2.45, 2.75) is 39.0 Å². The number of rotatable bonds is 3. The van der Waals surface area contributed by atoms with Gasteiger partial charge in [-0.15, -0.1) is 0 Å². The molecule has 0 radical (unpaired) electrons. The molecule has 1 atom stereocenters. The van der Waals surface area contributed by atoms with E-state index in [9.17, 15) is 15.0 Å². The molecule has 0 aliphatic rings. The third-order valence-electron chi connectivity index (χ3n) is 4.07. The number of carboxylic acids is 1. The van der Waals surface area contributed by atoms with Crippen molar-refractivity contribution < 1.29 is 15.0 Å². The van der Waals surface area contributed by atoms with Crippen molar-refractivity contribution in [3.05, 3.63) is 63.7 Å². The first-order valence-electron chi connectivity index (χ1n) is 7.47. The molecule has 2 N–H and O–H groups in total. The summed E-state index contributed by atoms with van der Waals surface area (Å²) in [7, 11) is 0. The number of hydrogen-bond donors (Lipinski definition) is 2. The van der Waals surface area contributed by atoms with Crippen LogP contribution in [0.15, 0.2) is 36.4 Å². The minimum atomic E-state index is -1.13. The van der Waals surface area contributed by atoms with Gasteiger partial charge in [-0.2, -0.15) is 0 Å². The van der Waals surface area contributed by atoms with E-state index < -0.39 is 5.97 Å². The van der Waals surface area contributed by atoms with Crippen molar-refractivity contribution in [1.82, 2.24) is 0 Å². The average Bonchev–Trinajstić information content (AvgIpc) is 2.46. The van der Waals surface area contributed by atoms with Crippen molar-refractivity contribution in [2.24, 2.45) is 0 Å². The summed E-state index contributed by atoms with van der Waals surface area (Å²) >= 11 is 5.92. The molecular formula is C19H21ClO3. The Labute approximate surface area is 141 Å². The van der Waals surface area contributed by atoms with Crippen molar-refractivity contribution >= 4 is 17.6 Å². The summed E-state index contributed by atoms with van der Waals surface area (Å²) in [5.74, 6) is -1.45. The highest BCUT2D eigenvalue weighted by Gasteiger charge is 2.24. The van der Waals surface area contributed by atoms with Crippen LogP contribution in [0, 0.1) is 0 Å². The Morgan fingerprint density at radius 1 is 1.13 bits per heavy atom. The first-order chi connectivity index (χ1) is 10.6.